The highest BCUT2D eigenvalue weighted by molar-refractivity contribution is 7.99. The summed E-state index contributed by atoms with van der Waals surface area (Å²) in [6, 6.07) is 15.4. The summed E-state index contributed by atoms with van der Waals surface area (Å²) in [4.78, 5) is 4.61. The summed E-state index contributed by atoms with van der Waals surface area (Å²) in [5, 5.41) is 17.6. The molecule has 43 heavy (non-hydrogen) atoms. The van der Waals surface area contributed by atoms with Crippen LogP contribution in [0.15, 0.2) is 65.8 Å². The minimum absolute atomic E-state index is 0.130. The molecule has 2 aromatic heterocycles. The molecule has 3 unspecified atom stereocenters. The van der Waals surface area contributed by atoms with Crippen LogP contribution in [-0.2, 0) is 25.5 Å². The molecule has 9 nitrogen and oxygen atoms in total. The number of halogens is 4. The third-order valence-corrected chi connectivity index (χ3v) is 8.39. The Morgan fingerprint density at radius 3 is 2.60 bits per heavy atom. The van der Waals surface area contributed by atoms with E-state index < -0.39 is 40.6 Å². The van der Waals surface area contributed by atoms with Gasteiger partial charge in [0.15, 0.2) is 12.0 Å². The lowest BCUT2D eigenvalue weighted by atomic mass is 10.1. The summed E-state index contributed by atoms with van der Waals surface area (Å²) >= 11 is 13.0. The first-order valence-electron chi connectivity index (χ1n) is 13.0. The Morgan fingerprint density at radius 1 is 1.19 bits per heavy atom. The molecular weight excluding hydrogens is 623 g/mol. The average molecular weight is 649 g/mol. The molecule has 0 bridgehead atoms. The Morgan fingerprint density at radius 2 is 1.93 bits per heavy atom. The van der Waals surface area contributed by atoms with Gasteiger partial charge in [-0.25, -0.2) is 18.4 Å². The van der Waals surface area contributed by atoms with Crippen molar-refractivity contribution in [2.45, 2.75) is 48.4 Å². The second kappa shape index (κ2) is 14.1. The summed E-state index contributed by atoms with van der Waals surface area (Å²) in [6.45, 7) is 2.25. The maximum absolute atomic E-state index is 14.1. The summed E-state index contributed by atoms with van der Waals surface area (Å²) in [5.41, 5.74) is 0.725. The van der Waals surface area contributed by atoms with Gasteiger partial charge in [-0.05, 0) is 25.1 Å². The highest BCUT2D eigenvalue weighted by Crippen LogP contribution is 2.35. The zero-order chi connectivity index (χ0) is 30.5. The SMILES string of the molecule is CO[C@@H](Cn1cc(-c2cc(F)c(Cl)c(F)c2)nn1)C(OC1COC(c2ccccc2)O[C@@H]1C)Sc1cc(Cl)cnc1C#N. The van der Waals surface area contributed by atoms with Crippen molar-refractivity contribution in [2.75, 3.05) is 13.7 Å². The standard InChI is InChI=1S/C29H25Cl2F2N5O4S/c1-16-25(15-40-28(41-16)17-6-4-3-5-7-17)42-29(43-26-10-19(30)12-35-22(26)11-34)24(39-2)14-38-13-23(36-37-38)18-8-20(32)27(31)21(33)9-18/h3-10,12-13,16,24-25,28-29H,14-15H2,1-2H3/t16-,24+,25?,28?,29?/m1/s1. The van der Waals surface area contributed by atoms with E-state index in [4.69, 9.17) is 42.1 Å². The van der Waals surface area contributed by atoms with Crippen molar-refractivity contribution in [1.29, 1.82) is 5.26 Å². The van der Waals surface area contributed by atoms with E-state index in [2.05, 4.69) is 21.4 Å². The molecule has 224 valence electrons. The fraction of sp³-hybridized carbons (Fsp3) is 0.310. The zero-order valence-electron chi connectivity index (χ0n) is 22.9. The van der Waals surface area contributed by atoms with Gasteiger partial charge in [0.1, 0.15) is 46.1 Å². The molecule has 0 amide bonds. The first-order chi connectivity index (χ1) is 20.7. The largest absolute Gasteiger partial charge is 0.376 e. The molecule has 0 aliphatic carbocycles. The van der Waals surface area contributed by atoms with Gasteiger partial charge in [0.05, 0.1) is 30.5 Å². The van der Waals surface area contributed by atoms with Gasteiger partial charge in [-0.15, -0.1) is 5.10 Å². The number of pyridine rings is 1. The van der Waals surface area contributed by atoms with E-state index in [-0.39, 0.29) is 36.2 Å². The summed E-state index contributed by atoms with van der Waals surface area (Å²) in [6.07, 6.45) is 0.847. The minimum Gasteiger partial charge on any atom is -0.376 e. The number of methoxy groups -OCH3 is 1. The smallest absolute Gasteiger partial charge is 0.184 e. The molecule has 0 N–H and O–H groups in total. The number of nitrogens with zero attached hydrogens (tertiary/aromatic N) is 5. The molecule has 0 saturated carbocycles. The van der Waals surface area contributed by atoms with E-state index in [9.17, 15) is 14.0 Å². The van der Waals surface area contributed by atoms with Crippen LogP contribution in [0.1, 0.15) is 24.5 Å². The fourth-order valence-corrected chi connectivity index (χ4v) is 5.87. The topological polar surface area (TPSA) is 104 Å². The maximum Gasteiger partial charge on any atom is 0.184 e. The van der Waals surface area contributed by atoms with Crippen molar-refractivity contribution in [3.8, 4) is 17.3 Å². The lowest BCUT2D eigenvalue weighted by Crippen LogP contribution is -2.45. The summed E-state index contributed by atoms with van der Waals surface area (Å²) < 4.78 is 54.1. The summed E-state index contributed by atoms with van der Waals surface area (Å²) in [5.74, 6) is -1.82. The molecular formula is C29H25Cl2F2N5O4S. The first-order valence-corrected chi connectivity index (χ1v) is 14.7. The van der Waals surface area contributed by atoms with Crippen molar-refractivity contribution >= 4 is 35.0 Å². The highest BCUT2D eigenvalue weighted by atomic mass is 35.5. The van der Waals surface area contributed by atoms with E-state index >= 15 is 0 Å². The fourth-order valence-electron chi connectivity index (χ4n) is 4.34. The monoisotopic (exact) mass is 647 g/mol. The molecule has 5 rings (SSSR count). The Balaban J connectivity index is 1.38. The lowest BCUT2D eigenvalue weighted by Gasteiger charge is -2.37. The number of hydrogen-bond acceptors (Lipinski definition) is 9. The van der Waals surface area contributed by atoms with E-state index in [0.717, 1.165) is 17.7 Å². The number of hydrogen-bond donors (Lipinski definition) is 0. The van der Waals surface area contributed by atoms with E-state index in [0.29, 0.717) is 9.92 Å². The molecule has 1 aliphatic heterocycles. The quantitative estimate of drug-likeness (QED) is 0.109. The number of ether oxygens (including phenoxy) is 4. The van der Waals surface area contributed by atoms with Gasteiger partial charge in [-0.3, -0.25) is 0 Å². The molecule has 14 heteroatoms. The molecule has 3 heterocycles. The van der Waals surface area contributed by atoms with Gasteiger partial charge in [0, 0.05) is 29.3 Å². The highest BCUT2D eigenvalue weighted by Gasteiger charge is 2.36. The second-order valence-electron chi connectivity index (χ2n) is 9.54. The zero-order valence-corrected chi connectivity index (χ0v) is 25.2. The van der Waals surface area contributed by atoms with E-state index in [1.54, 1.807) is 6.07 Å². The third-order valence-electron chi connectivity index (χ3n) is 6.61. The molecule has 5 atom stereocenters. The van der Waals surface area contributed by atoms with Crippen LogP contribution in [0.2, 0.25) is 10.0 Å². The average Bonchev–Trinajstić information content (AvgIpc) is 3.48. The number of aromatic nitrogens is 4. The molecule has 4 aromatic rings. The van der Waals surface area contributed by atoms with Gasteiger partial charge < -0.3 is 18.9 Å². The Bertz CT molecular complexity index is 1590. The van der Waals surface area contributed by atoms with Crippen LogP contribution in [0.5, 0.6) is 0 Å². The second-order valence-corrected chi connectivity index (χ2v) is 11.5. The van der Waals surface area contributed by atoms with Crippen molar-refractivity contribution < 1.29 is 27.7 Å². The lowest BCUT2D eigenvalue weighted by molar-refractivity contribution is -0.267. The normalized spacial score (nSPS) is 20.0. The molecule has 1 aliphatic rings. The predicted molar refractivity (Wildman–Crippen MR) is 155 cm³/mol. The van der Waals surface area contributed by atoms with Crippen molar-refractivity contribution in [3.63, 3.8) is 0 Å². The predicted octanol–water partition coefficient (Wildman–Crippen LogP) is 6.45. The van der Waals surface area contributed by atoms with Gasteiger partial charge in [0.2, 0.25) is 0 Å². The van der Waals surface area contributed by atoms with Crippen LogP contribution in [-0.4, -0.2) is 57.4 Å². The van der Waals surface area contributed by atoms with Crippen LogP contribution in [0, 0.1) is 23.0 Å². The van der Waals surface area contributed by atoms with E-state index in [1.165, 1.54) is 35.9 Å². The number of benzene rings is 2. The van der Waals surface area contributed by atoms with E-state index in [1.807, 2.05) is 37.3 Å². The van der Waals surface area contributed by atoms with Crippen molar-refractivity contribution in [2.24, 2.45) is 0 Å². The number of thioether (sulfide) groups is 1. The van der Waals surface area contributed by atoms with Gasteiger partial charge in [-0.2, -0.15) is 5.26 Å². The minimum atomic E-state index is -0.908. The third kappa shape index (κ3) is 7.50. The van der Waals surface area contributed by atoms with Crippen LogP contribution in [0.25, 0.3) is 11.3 Å². The molecule has 1 fully saturated rings. The number of rotatable bonds is 10. The van der Waals surface area contributed by atoms with Crippen LogP contribution in [0.4, 0.5) is 8.78 Å². The first kappa shape index (κ1) is 31.3. The molecule has 1 saturated heterocycles. The maximum atomic E-state index is 14.1. The Hall–Kier alpha value is -3.15. The van der Waals surface area contributed by atoms with Crippen LogP contribution >= 0.6 is 35.0 Å². The molecule has 0 radical (unpaired) electrons. The van der Waals surface area contributed by atoms with Crippen molar-refractivity contribution in [3.05, 3.63) is 93.9 Å². The van der Waals surface area contributed by atoms with Crippen molar-refractivity contribution in [1.82, 2.24) is 20.0 Å². The molecule has 2 aromatic carbocycles. The van der Waals surface area contributed by atoms with Gasteiger partial charge in [-0.1, -0.05) is 70.5 Å². The van der Waals surface area contributed by atoms with Gasteiger partial charge >= 0.3 is 0 Å². The summed E-state index contributed by atoms with van der Waals surface area (Å²) in [7, 11) is 1.51. The Kier molecular flexibility index (Phi) is 10.2. The Labute approximate surface area is 260 Å². The number of nitriles is 1. The van der Waals surface area contributed by atoms with Crippen LogP contribution in [0.3, 0.4) is 0 Å². The molecule has 0 spiro atoms. The van der Waals surface area contributed by atoms with Crippen LogP contribution < -0.4 is 0 Å². The van der Waals surface area contributed by atoms with Gasteiger partial charge in [0.25, 0.3) is 0 Å².